The maximum absolute atomic E-state index is 11.9. The number of Topliss-reactive ketones (excluding diaryl/α,β-unsaturated/α-hetero) is 1. The number of carbonyl (C=O) groups excluding carboxylic acids is 1. The third kappa shape index (κ3) is 3.65. The lowest BCUT2D eigenvalue weighted by atomic mass is 10.0. The summed E-state index contributed by atoms with van der Waals surface area (Å²) in [6.07, 6.45) is 4.09. The number of hydrogen-bond acceptors (Lipinski definition) is 3. The van der Waals surface area contributed by atoms with E-state index < -0.39 is 4.92 Å². The van der Waals surface area contributed by atoms with E-state index in [1.807, 2.05) is 6.92 Å². The monoisotopic (exact) mass is 249 g/mol. The molecule has 1 aromatic rings. The molecule has 0 saturated heterocycles. The van der Waals surface area contributed by atoms with Crippen molar-refractivity contribution in [1.82, 2.24) is 0 Å². The van der Waals surface area contributed by atoms with Crippen LogP contribution < -0.4 is 0 Å². The van der Waals surface area contributed by atoms with Crippen LogP contribution >= 0.6 is 0 Å². The highest BCUT2D eigenvalue weighted by atomic mass is 16.6. The number of unbranched alkanes of at least 4 members (excludes halogenated alkanes) is 2. The van der Waals surface area contributed by atoms with Gasteiger partial charge in [0.2, 0.25) is 0 Å². The lowest BCUT2D eigenvalue weighted by molar-refractivity contribution is -0.385. The number of ketones is 1. The molecule has 0 radical (unpaired) electrons. The molecule has 0 saturated carbocycles. The Bertz CT molecular complexity index is 441. The van der Waals surface area contributed by atoms with Crippen molar-refractivity contribution >= 4 is 11.5 Å². The van der Waals surface area contributed by atoms with E-state index in [0.29, 0.717) is 24.0 Å². The maximum Gasteiger partial charge on any atom is 0.272 e. The molecule has 1 aromatic carbocycles. The highest BCUT2D eigenvalue weighted by Crippen LogP contribution is 2.21. The van der Waals surface area contributed by atoms with Crippen LogP contribution in [0.3, 0.4) is 0 Å². The van der Waals surface area contributed by atoms with Gasteiger partial charge in [-0.3, -0.25) is 14.9 Å². The molecule has 0 aliphatic heterocycles. The topological polar surface area (TPSA) is 60.2 Å². The van der Waals surface area contributed by atoms with Crippen LogP contribution in [0.25, 0.3) is 0 Å². The van der Waals surface area contributed by atoms with Crippen molar-refractivity contribution in [2.45, 2.75) is 46.0 Å². The van der Waals surface area contributed by atoms with Gasteiger partial charge < -0.3 is 0 Å². The van der Waals surface area contributed by atoms with E-state index in [1.165, 1.54) is 6.07 Å². The molecule has 0 heterocycles. The van der Waals surface area contributed by atoms with Gasteiger partial charge in [-0.1, -0.05) is 26.7 Å². The molecule has 98 valence electrons. The Kier molecular flexibility index (Phi) is 5.49. The van der Waals surface area contributed by atoms with Crippen LogP contribution in [0.1, 0.15) is 55.5 Å². The number of aryl methyl sites for hydroxylation is 1. The van der Waals surface area contributed by atoms with Gasteiger partial charge in [0.15, 0.2) is 5.78 Å². The van der Waals surface area contributed by atoms with Gasteiger partial charge in [-0.15, -0.1) is 0 Å². The van der Waals surface area contributed by atoms with Crippen LogP contribution in [0.2, 0.25) is 0 Å². The van der Waals surface area contributed by atoms with E-state index >= 15 is 0 Å². The van der Waals surface area contributed by atoms with Gasteiger partial charge in [0.25, 0.3) is 5.69 Å². The molecule has 4 heteroatoms. The summed E-state index contributed by atoms with van der Waals surface area (Å²) in [5.41, 5.74) is 1.32. The average Bonchev–Trinajstić information content (AvgIpc) is 2.37. The fourth-order valence-corrected chi connectivity index (χ4v) is 1.90. The lowest BCUT2D eigenvalue weighted by Crippen LogP contribution is -2.02. The third-order valence-corrected chi connectivity index (χ3v) is 2.99. The summed E-state index contributed by atoms with van der Waals surface area (Å²) in [7, 11) is 0. The summed E-state index contributed by atoms with van der Waals surface area (Å²) in [4.78, 5) is 22.3. The van der Waals surface area contributed by atoms with Crippen LogP contribution in [0.4, 0.5) is 5.69 Å². The first kappa shape index (κ1) is 14.4. The molecule has 18 heavy (non-hydrogen) atoms. The molecular formula is C14H19NO3. The predicted octanol–water partition coefficient (Wildman–Crippen LogP) is 3.92. The third-order valence-electron chi connectivity index (χ3n) is 2.99. The van der Waals surface area contributed by atoms with Gasteiger partial charge in [0.05, 0.1) is 4.92 Å². The van der Waals surface area contributed by atoms with Gasteiger partial charge in [-0.05, 0) is 25.0 Å². The van der Waals surface area contributed by atoms with Crippen LogP contribution in [-0.4, -0.2) is 10.7 Å². The Hall–Kier alpha value is -1.71. The number of nitro groups is 1. The second-order valence-electron chi connectivity index (χ2n) is 4.33. The van der Waals surface area contributed by atoms with E-state index in [2.05, 4.69) is 6.92 Å². The van der Waals surface area contributed by atoms with E-state index in [4.69, 9.17) is 0 Å². The number of nitro benzene ring substituents is 1. The molecule has 0 fully saturated rings. The molecule has 0 aromatic heterocycles. The number of carbonyl (C=O) groups is 1. The first-order valence-corrected chi connectivity index (χ1v) is 6.40. The summed E-state index contributed by atoms with van der Waals surface area (Å²) in [5, 5.41) is 10.8. The molecule has 0 aliphatic rings. The first-order valence-electron chi connectivity index (χ1n) is 6.40. The molecule has 0 bridgehead atoms. The first-order chi connectivity index (χ1) is 8.60. The Morgan fingerprint density at radius 1 is 1.28 bits per heavy atom. The minimum Gasteiger partial charge on any atom is -0.294 e. The average molecular weight is 249 g/mol. The molecular weight excluding hydrogens is 230 g/mol. The Labute approximate surface area is 107 Å². The quantitative estimate of drug-likeness (QED) is 0.318. The summed E-state index contributed by atoms with van der Waals surface area (Å²) in [5.74, 6) is 0.0769. The fourth-order valence-electron chi connectivity index (χ4n) is 1.90. The van der Waals surface area contributed by atoms with E-state index in [1.54, 1.807) is 12.1 Å². The predicted molar refractivity (Wildman–Crippen MR) is 70.9 cm³/mol. The van der Waals surface area contributed by atoms with Crippen molar-refractivity contribution in [3.05, 3.63) is 39.4 Å². The van der Waals surface area contributed by atoms with Gasteiger partial charge in [-0.25, -0.2) is 0 Å². The van der Waals surface area contributed by atoms with Gasteiger partial charge in [0.1, 0.15) is 0 Å². The van der Waals surface area contributed by atoms with Crippen molar-refractivity contribution in [2.24, 2.45) is 0 Å². The van der Waals surface area contributed by atoms with Crippen molar-refractivity contribution in [3.63, 3.8) is 0 Å². The van der Waals surface area contributed by atoms with Crippen LogP contribution in [-0.2, 0) is 6.42 Å². The molecule has 1 rings (SSSR count). The smallest absolute Gasteiger partial charge is 0.272 e. The zero-order valence-corrected chi connectivity index (χ0v) is 10.9. The summed E-state index contributed by atoms with van der Waals surface area (Å²) < 4.78 is 0. The van der Waals surface area contributed by atoms with Crippen molar-refractivity contribution in [2.75, 3.05) is 0 Å². The van der Waals surface area contributed by atoms with Gasteiger partial charge in [0, 0.05) is 23.6 Å². The largest absolute Gasteiger partial charge is 0.294 e. The van der Waals surface area contributed by atoms with Crippen molar-refractivity contribution < 1.29 is 9.72 Å². The second kappa shape index (κ2) is 6.89. The lowest BCUT2D eigenvalue weighted by Gasteiger charge is -2.04. The number of hydrogen-bond donors (Lipinski definition) is 0. The van der Waals surface area contributed by atoms with E-state index in [0.717, 1.165) is 19.3 Å². The Balaban J connectivity index is 2.85. The van der Waals surface area contributed by atoms with Crippen molar-refractivity contribution in [3.8, 4) is 0 Å². The molecule has 0 atom stereocenters. The SMILES string of the molecule is CCCCCC(=O)c1ccc([N+](=O)[O-])c(CC)c1. The number of rotatable bonds is 7. The summed E-state index contributed by atoms with van der Waals surface area (Å²) >= 11 is 0. The normalized spacial score (nSPS) is 10.3. The second-order valence-corrected chi connectivity index (χ2v) is 4.33. The molecule has 4 nitrogen and oxygen atoms in total. The van der Waals surface area contributed by atoms with Crippen molar-refractivity contribution in [1.29, 1.82) is 0 Å². The standard InChI is InChI=1S/C14H19NO3/c1-3-5-6-7-14(16)12-8-9-13(15(17)18)11(4-2)10-12/h8-10H,3-7H2,1-2H3. The zero-order chi connectivity index (χ0) is 13.5. The number of benzene rings is 1. The van der Waals surface area contributed by atoms with E-state index in [-0.39, 0.29) is 11.5 Å². The minimum absolute atomic E-state index is 0.0769. The van der Waals surface area contributed by atoms with Crippen LogP contribution in [0.15, 0.2) is 18.2 Å². The maximum atomic E-state index is 11.9. The summed E-state index contributed by atoms with van der Waals surface area (Å²) in [6.45, 7) is 3.94. The molecule has 0 unspecified atom stereocenters. The Morgan fingerprint density at radius 2 is 2.00 bits per heavy atom. The van der Waals surface area contributed by atoms with Gasteiger partial charge in [-0.2, -0.15) is 0 Å². The zero-order valence-electron chi connectivity index (χ0n) is 10.9. The number of nitrogens with zero attached hydrogens (tertiary/aromatic N) is 1. The minimum atomic E-state index is -0.399. The molecule has 0 N–H and O–H groups in total. The highest BCUT2D eigenvalue weighted by Gasteiger charge is 2.15. The van der Waals surface area contributed by atoms with Crippen LogP contribution in [0, 0.1) is 10.1 Å². The fraction of sp³-hybridized carbons (Fsp3) is 0.500. The van der Waals surface area contributed by atoms with Crippen LogP contribution in [0.5, 0.6) is 0 Å². The molecule has 0 amide bonds. The molecule has 0 spiro atoms. The Morgan fingerprint density at radius 3 is 2.56 bits per heavy atom. The molecule has 0 aliphatic carbocycles. The highest BCUT2D eigenvalue weighted by molar-refractivity contribution is 5.96. The van der Waals surface area contributed by atoms with Gasteiger partial charge >= 0.3 is 0 Å². The van der Waals surface area contributed by atoms with E-state index in [9.17, 15) is 14.9 Å². The summed E-state index contributed by atoms with van der Waals surface area (Å²) in [6, 6.07) is 4.66.